The van der Waals surface area contributed by atoms with E-state index in [9.17, 15) is 15.0 Å². The molecule has 0 aromatic rings. The number of carbonyl (C=O) groups is 1. The summed E-state index contributed by atoms with van der Waals surface area (Å²) in [6.07, 6.45) is 15.9. The van der Waals surface area contributed by atoms with Gasteiger partial charge in [-0.25, -0.2) is 0 Å². The number of rotatable bonds is 13. The quantitative estimate of drug-likeness (QED) is 0.267. The first-order valence-electron chi connectivity index (χ1n) is 11.6. The summed E-state index contributed by atoms with van der Waals surface area (Å²) in [5, 5.41) is 25.2. The highest BCUT2D eigenvalue weighted by Gasteiger charge is 2.25. The maximum absolute atomic E-state index is 11.4. The normalized spacial score (nSPS) is 17.6. The predicted octanol–water partition coefficient (Wildman–Crippen LogP) is 6.16. The molecule has 1 saturated carbocycles. The van der Waals surface area contributed by atoms with Crippen molar-refractivity contribution < 1.29 is 15.0 Å². The van der Waals surface area contributed by atoms with Crippen LogP contribution in [0.1, 0.15) is 85.5 Å². The first-order chi connectivity index (χ1) is 14.2. The number of carboxylic acid groups (broad SMARTS) is 1. The van der Waals surface area contributed by atoms with E-state index in [0.29, 0.717) is 12.3 Å². The fourth-order valence-corrected chi connectivity index (χ4v) is 3.94. The molecule has 0 saturated heterocycles. The number of allylic oxidation sites excluding steroid dienone is 1. The van der Waals surface area contributed by atoms with Crippen molar-refractivity contribution in [2.24, 2.45) is 17.8 Å². The van der Waals surface area contributed by atoms with Crippen molar-refractivity contribution in [2.45, 2.75) is 97.6 Å². The molecule has 1 fully saturated rings. The monoisotopic (exact) mass is 422 g/mol. The Morgan fingerprint density at radius 3 is 2.17 bits per heavy atom. The first-order valence-corrected chi connectivity index (χ1v) is 11.6. The Hall–Kier alpha value is -1.75. The van der Waals surface area contributed by atoms with E-state index in [4.69, 9.17) is 0 Å². The van der Waals surface area contributed by atoms with Crippen molar-refractivity contribution >= 4 is 5.97 Å². The topological polar surface area (TPSA) is 81.6 Å². The van der Waals surface area contributed by atoms with E-state index in [1.807, 2.05) is 33.0 Å². The van der Waals surface area contributed by atoms with E-state index in [-0.39, 0.29) is 17.7 Å². The van der Waals surface area contributed by atoms with Gasteiger partial charge >= 0.3 is 5.97 Å². The molecule has 1 aliphatic carbocycles. The predicted molar refractivity (Wildman–Crippen MR) is 127 cm³/mol. The number of aliphatic carboxylic acids is 1. The van der Waals surface area contributed by atoms with Crippen molar-refractivity contribution in [3.8, 4) is 0 Å². The maximum Gasteiger partial charge on any atom is 0.320 e. The van der Waals surface area contributed by atoms with Gasteiger partial charge in [0.2, 0.25) is 0 Å². The zero-order valence-corrected chi connectivity index (χ0v) is 19.7. The Kier molecular flexibility index (Phi) is 16.0. The van der Waals surface area contributed by atoms with Crippen LogP contribution in [0.15, 0.2) is 37.4 Å². The molecule has 4 N–H and O–H groups in total. The van der Waals surface area contributed by atoms with E-state index in [0.717, 1.165) is 18.8 Å². The molecular weight excluding hydrogens is 376 g/mol. The molecule has 3 unspecified atom stereocenters. The second-order valence-corrected chi connectivity index (χ2v) is 9.02. The number of hydrogen-bond donors (Lipinski definition) is 4. The summed E-state index contributed by atoms with van der Waals surface area (Å²) in [5.41, 5.74) is 0. The standard InChI is InChI=1S/C20H37NO3.C5H9N/c1-14(2)12-19(20(23)24)21-18(16(4)22)13-15(3)10-11-17-8-6-5-7-9-17;1-3-5-6-4-2/h14-15,17-19,21-22H,4-13H2,1-3H3,(H,23,24);3-6H,2H2,1H3/b;5-3-. The van der Waals surface area contributed by atoms with Gasteiger partial charge in [0.1, 0.15) is 11.8 Å². The zero-order valence-electron chi connectivity index (χ0n) is 19.7. The van der Waals surface area contributed by atoms with Gasteiger partial charge in [0.25, 0.3) is 0 Å². The molecular formula is C25H46N2O3. The summed E-state index contributed by atoms with van der Waals surface area (Å²) in [6, 6.07) is -0.976. The van der Waals surface area contributed by atoms with E-state index in [1.165, 1.54) is 38.5 Å². The highest BCUT2D eigenvalue weighted by atomic mass is 16.4. The van der Waals surface area contributed by atoms with Crippen molar-refractivity contribution in [2.75, 3.05) is 0 Å². The molecule has 0 spiro atoms. The lowest BCUT2D eigenvalue weighted by molar-refractivity contribution is -0.140. The van der Waals surface area contributed by atoms with Crippen molar-refractivity contribution in [3.63, 3.8) is 0 Å². The molecule has 0 bridgehead atoms. The lowest BCUT2D eigenvalue weighted by atomic mass is 9.83. The smallest absolute Gasteiger partial charge is 0.320 e. The van der Waals surface area contributed by atoms with Crippen LogP contribution in [-0.4, -0.2) is 28.3 Å². The molecule has 5 heteroatoms. The number of hydrogen-bond acceptors (Lipinski definition) is 4. The zero-order chi connectivity index (χ0) is 22.9. The van der Waals surface area contributed by atoms with Gasteiger partial charge in [0.05, 0.1) is 6.04 Å². The lowest BCUT2D eigenvalue weighted by Gasteiger charge is -2.27. The van der Waals surface area contributed by atoms with Gasteiger partial charge in [-0.15, -0.1) is 0 Å². The second kappa shape index (κ2) is 17.0. The minimum absolute atomic E-state index is 0.0505. The molecule has 3 atom stereocenters. The molecule has 174 valence electrons. The molecule has 0 aliphatic heterocycles. The van der Waals surface area contributed by atoms with E-state index >= 15 is 0 Å². The molecule has 0 radical (unpaired) electrons. The van der Waals surface area contributed by atoms with Gasteiger partial charge in [-0.2, -0.15) is 0 Å². The van der Waals surface area contributed by atoms with Crippen LogP contribution >= 0.6 is 0 Å². The highest BCUT2D eigenvalue weighted by molar-refractivity contribution is 5.73. The van der Waals surface area contributed by atoms with Crippen LogP contribution in [0, 0.1) is 17.8 Å². The second-order valence-electron chi connectivity index (χ2n) is 9.02. The van der Waals surface area contributed by atoms with Crippen molar-refractivity contribution in [1.29, 1.82) is 0 Å². The van der Waals surface area contributed by atoms with Crippen LogP contribution in [0.2, 0.25) is 0 Å². The van der Waals surface area contributed by atoms with E-state index < -0.39 is 12.0 Å². The maximum atomic E-state index is 11.4. The number of aliphatic hydroxyl groups excluding tert-OH is 1. The Morgan fingerprint density at radius 2 is 1.73 bits per heavy atom. The Morgan fingerprint density at radius 1 is 1.10 bits per heavy atom. The third-order valence-electron chi connectivity index (χ3n) is 5.62. The van der Waals surface area contributed by atoms with E-state index in [2.05, 4.69) is 30.7 Å². The van der Waals surface area contributed by atoms with Crippen LogP contribution in [0.3, 0.4) is 0 Å². The Balaban J connectivity index is 0.00000122. The van der Waals surface area contributed by atoms with Crippen LogP contribution in [-0.2, 0) is 4.79 Å². The molecule has 30 heavy (non-hydrogen) atoms. The fraction of sp³-hybridized carbons (Fsp3) is 0.720. The van der Waals surface area contributed by atoms with Gasteiger partial charge < -0.3 is 15.5 Å². The largest absolute Gasteiger partial charge is 0.511 e. The number of aliphatic hydroxyl groups is 1. The van der Waals surface area contributed by atoms with Crippen LogP contribution in [0.4, 0.5) is 0 Å². The highest BCUT2D eigenvalue weighted by Crippen LogP contribution is 2.29. The van der Waals surface area contributed by atoms with Gasteiger partial charge in [-0.1, -0.05) is 85.0 Å². The Labute approximate surface area is 184 Å². The third kappa shape index (κ3) is 14.3. The minimum Gasteiger partial charge on any atom is -0.511 e. The summed E-state index contributed by atoms with van der Waals surface area (Å²) >= 11 is 0. The summed E-state index contributed by atoms with van der Waals surface area (Å²) < 4.78 is 0. The molecule has 1 rings (SSSR count). The molecule has 0 aromatic heterocycles. The van der Waals surface area contributed by atoms with Crippen LogP contribution in [0.5, 0.6) is 0 Å². The van der Waals surface area contributed by atoms with E-state index in [1.54, 1.807) is 6.20 Å². The van der Waals surface area contributed by atoms with Gasteiger partial charge in [0.15, 0.2) is 0 Å². The van der Waals surface area contributed by atoms with Crippen LogP contribution < -0.4 is 10.6 Å². The van der Waals surface area contributed by atoms with Crippen LogP contribution in [0.25, 0.3) is 0 Å². The summed E-state index contributed by atoms with van der Waals surface area (Å²) in [4.78, 5) is 11.4. The number of nitrogens with one attached hydrogen (secondary N) is 2. The summed E-state index contributed by atoms with van der Waals surface area (Å²) in [7, 11) is 0. The first kappa shape index (κ1) is 28.2. The molecule has 0 amide bonds. The lowest BCUT2D eigenvalue weighted by Crippen LogP contribution is -2.45. The average Bonchev–Trinajstić information content (AvgIpc) is 2.70. The SMILES string of the molecule is C=C(O)C(CC(C)CCC1CCCCC1)NC(CC(C)C)C(=O)O.C=CN/C=C\C. The molecule has 1 aliphatic rings. The van der Waals surface area contributed by atoms with Gasteiger partial charge in [0, 0.05) is 0 Å². The number of carboxylic acids is 1. The molecule has 5 nitrogen and oxygen atoms in total. The third-order valence-corrected chi connectivity index (χ3v) is 5.62. The van der Waals surface area contributed by atoms with Crippen molar-refractivity contribution in [1.82, 2.24) is 10.6 Å². The molecule has 0 heterocycles. The van der Waals surface area contributed by atoms with Crippen molar-refractivity contribution in [3.05, 3.63) is 37.4 Å². The van der Waals surface area contributed by atoms with Gasteiger partial charge in [-0.3, -0.25) is 10.1 Å². The average molecular weight is 423 g/mol. The fourth-order valence-electron chi connectivity index (χ4n) is 3.94. The summed E-state index contributed by atoms with van der Waals surface area (Å²) in [5.74, 6) is 0.786. The van der Waals surface area contributed by atoms with Gasteiger partial charge in [-0.05, 0) is 49.9 Å². The summed E-state index contributed by atoms with van der Waals surface area (Å²) in [6.45, 7) is 15.2. The molecule has 0 aromatic carbocycles. The Bertz CT molecular complexity index is 511. The minimum atomic E-state index is -0.857.